The molecule has 0 spiro atoms. The lowest BCUT2D eigenvalue weighted by molar-refractivity contribution is -0.133. The lowest BCUT2D eigenvalue weighted by atomic mass is 10.2. The van der Waals surface area contributed by atoms with Crippen LogP contribution in [0.25, 0.3) is 0 Å². The molecule has 0 fully saturated rings. The zero-order valence-corrected chi connectivity index (χ0v) is 13.6. The summed E-state index contributed by atoms with van der Waals surface area (Å²) in [7, 11) is 0. The lowest BCUT2D eigenvalue weighted by Crippen LogP contribution is -2.04. The van der Waals surface area contributed by atoms with Crippen LogP contribution >= 0.6 is 23.5 Å². The number of hydrogen-bond donors (Lipinski definition) is 1. The molecule has 0 aliphatic heterocycles. The van der Waals surface area contributed by atoms with Crippen molar-refractivity contribution in [3.05, 3.63) is 35.7 Å². The molecule has 21 heavy (non-hydrogen) atoms. The van der Waals surface area contributed by atoms with E-state index in [1.54, 1.807) is 11.8 Å². The number of hydrogen-bond acceptors (Lipinski definition) is 5. The smallest absolute Gasteiger partial charge is 0.313 e. The number of rotatable bonds is 7. The summed E-state index contributed by atoms with van der Waals surface area (Å²) in [5.74, 6) is 0.748. The molecule has 2 aromatic rings. The van der Waals surface area contributed by atoms with Gasteiger partial charge in [0.1, 0.15) is 5.82 Å². The van der Waals surface area contributed by atoms with Crippen LogP contribution in [0, 0.1) is 6.92 Å². The van der Waals surface area contributed by atoms with Gasteiger partial charge in [0.2, 0.25) is 0 Å². The number of aromatic nitrogens is 3. The van der Waals surface area contributed by atoms with Crippen molar-refractivity contribution in [2.75, 3.05) is 5.75 Å². The van der Waals surface area contributed by atoms with Gasteiger partial charge in [-0.2, -0.15) is 0 Å². The van der Waals surface area contributed by atoms with Crippen LogP contribution in [0.15, 0.2) is 34.3 Å². The van der Waals surface area contributed by atoms with Crippen LogP contribution < -0.4 is 0 Å². The Bertz CT molecular complexity index is 611. The molecular weight excluding hydrogens is 306 g/mol. The van der Waals surface area contributed by atoms with Crippen molar-refractivity contribution in [1.82, 2.24) is 14.8 Å². The maximum atomic E-state index is 10.6. The molecule has 0 aliphatic carbocycles. The monoisotopic (exact) mass is 323 g/mol. The minimum absolute atomic E-state index is 0.00321. The molecule has 0 radical (unpaired) electrons. The maximum Gasteiger partial charge on any atom is 0.313 e. The molecule has 1 N–H and O–H groups in total. The van der Waals surface area contributed by atoms with Gasteiger partial charge in [-0.25, -0.2) is 0 Å². The molecule has 0 saturated carbocycles. The number of carboxylic acid groups (broad SMARTS) is 1. The predicted octanol–water partition coefficient (Wildman–Crippen LogP) is 3.08. The zero-order valence-electron chi connectivity index (χ0n) is 11.9. The van der Waals surface area contributed by atoms with Crippen LogP contribution in [0.4, 0.5) is 0 Å². The molecule has 7 heteroatoms. The summed E-state index contributed by atoms with van der Waals surface area (Å²) in [6, 6.07) is 8.35. The van der Waals surface area contributed by atoms with Crippen LogP contribution in [-0.4, -0.2) is 31.6 Å². The van der Waals surface area contributed by atoms with Crippen molar-refractivity contribution in [2.45, 2.75) is 36.2 Å². The second kappa shape index (κ2) is 7.51. The fraction of sp³-hybridized carbons (Fsp3) is 0.357. The Hall–Kier alpha value is -1.47. The first-order chi connectivity index (χ1) is 10.1. The first-order valence-corrected chi connectivity index (χ1v) is 8.53. The minimum Gasteiger partial charge on any atom is -0.481 e. The van der Waals surface area contributed by atoms with Gasteiger partial charge in [0.25, 0.3) is 0 Å². The van der Waals surface area contributed by atoms with Gasteiger partial charge in [0, 0.05) is 11.4 Å². The van der Waals surface area contributed by atoms with Crippen LogP contribution in [0.2, 0.25) is 0 Å². The van der Waals surface area contributed by atoms with Gasteiger partial charge >= 0.3 is 5.97 Å². The molecule has 0 atom stereocenters. The third kappa shape index (κ3) is 4.50. The summed E-state index contributed by atoms with van der Waals surface area (Å²) in [5.41, 5.74) is 1.24. The molecule has 1 heterocycles. The molecule has 2 rings (SSSR count). The number of thioether (sulfide) groups is 2. The fourth-order valence-electron chi connectivity index (χ4n) is 1.76. The number of aliphatic carboxylic acids is 1. The average Bonchev–Trinajstić information content (AvgIpc) is 2.86. The van der Waals surface area contributed by atoms with E-state index in [9.17, 15) is 4.79 Å². The molecule has 1 aromatic heterocycles. The molecule has 0 saturated heterocycles. The van der Waals surface area contributed by atoms with Crippen LogP contribution in [0.5, 0.6) is 0 Å². The molecule has 1 aromatic carbocycles. The van der Waals surface area contributed by atoms with Crippen molar-refractivity contribution in [3.63, 3.8) is 0 Å². The Labute approximate surface area is 132 Å². The van der Waals surface area contributed by atoms with Gasteiger partial charge in [0.15, 0.2) is 5.16 Å². The van der Waals surface area contributed by atoms with E-state index < -0.39 is 5.97 Å². The average molecular weight is 323 g/mol. The molecule has 0 amide bonds. The third-order valence-electron chi connectivity index (χ3n) is 2.82. The summed E-state index contributed by atoms with van der Waals surface area (Å²) in [6.45, 7) is 4.81. The van der Waals surface area contributed by atoms with Crippen molar-refractivity contribution < 1.29 is 9.90 Å². The second-order valence-corrected chi connectivity index (χ2v) is 6.42. The van der Waals surface area contributed by atoms with Gasteiger partial charge in [0.05, 0.1) is 11.5 Å². The molecular formula is C14H17N3O2S2. The van der Waals surface area contributed by atoms with Gasteiger partial charge in [-0.3, -0.25) is 4.79 Å². The van der Waals surface area contributed by atoms with E-state index in [0.29, 0.717) is 5.16 Å². The Kier molecular flexibility index (Phi) is 5.69. The van der Waals surface area contributed by atoms with E-state index >= 15 is 0 Å². The number of carbonyl (C=O) groups is 1. The zero-order chi connectivity index (χ0) is 15.2. The summed E-state index contributed by atoms with van der Waals surface area (Å²) in [4.78, 5) is 11.8. The van der Waals surface area contributed by atoms with Crippen LogP contribution in [0.1, 0.15) is 18.3 Å². The van der Waals surface area contributed by atoms with Crippen LogP contribution in [-0.2, 0) is 17.1 Å². The summed E-state index contributed by atoms with van der Waals surface area (Å²) in [6.07, 6.45) is 0. The largest absolute Gasteiger partial charge is 0.481 e. The van der Waals surface area contributed by atoms with E-state index in [4.69, 9.17) is 5.11 Å². The summed E-state index contributed by atoms with van der Waals surface area (Å²) < 4.78 is 1.97. The number of benzene rings is 1. The maximum absolute atomic E-state index is 10.6. The Morgan fingerprint density at radius 3 is 2.57 bits per heavy atom. The van der Waals surface area contributed by atoms with Crippen molar-refractivity contribution >= 4 is 29.5 Å². The first-order valence-electron chi connectivity index (χ1n) is 6.56. The number of nitrogens with zero attached hydrogens (tertiary/aromatic N) is 3. The predicted molar refractivity (Wildman–Crippen MR) is 84.8 cm³/mol. The first kappa shape index (κ1) is 15.9. The molecule has 0 unspecified atom stereocenters. The van der Waals surface area contributed by atoms with E-state index in [-0.39, 0.29) is 5.75 Å². The van der Waals surface area contributed by atoms with E-state index in [0.717, 1.165) is 18.1 Å². The Balaban J connectivity index is 2.02. The topological polar surface area (TPSA) is 68.0 Å². The highest BCUT2D eigenvalue weighted by atomic mass is 32.2. The van der Waals surface area contributed by atoms with E-state index in [1.807, 2.05) is 11.5 Å². The highest BCUT2D eigenvalue weighted by Gasteiger charge is 2.12. The number of aryl methyl sites for hydroxylation is 1. The fourth-order valence-corrected chi connectivity index (χ4v) is 3.34. The van der Waals surface area contributed by atoms with Gasteiger partial charge < -0.3 is 9.67 Å². The van der Waals surface area contributed by atoms with E-state index in [1.165, 1.54) is 22.2 Å². The molecule has 5 nitrogen and oxygen atoms in total. The summed E-state index contributed by atoms with van der Waals surface area (Å²) >= 11 is 2.91. The van der Waals surface area contributed by atoms with Crippen molar-refractivity contribution in [3.8, 4) is 0 Å². The Morgan fingerprint density at radius 2 is 1.95 bits per heavy atom. The standard InChI is InChI=1S/C14H17N3O2S2/c1-3-17-12(15-16-14(17)21-9-13(18)19)8-20-11-6-4-10(2)5-7-11/h4-7H,3,8-9H2,1-2H3,(H,18,19). The van der Waals surface area contributed by atoms with Crippen molar-refractivity contribution in [2.24, 2.45) is 0 Å². The quantitative estimate of drug-likeness (QED) is 0.790. The van der Waals surface area contributed by atoms with Gasteiger partial charge in [-0.1, -0.05) is 29.5 Å². The third-order valence-corrected chi connectivity index (χ3v) is 4.78. The SMILES string of the molecule is CCn1c(CSc2ccc(C)cc2)nnc1SCC(=O)O. The molecule has 0 bridgehead atoms. The van der Waals surface area contributed by atoms with Crippen molar-refractivity contribution in [1.29, 1.82) is 0 Å². The number of carboxylic acids is 1. The Morgan fingerprint density at radius 1 is 1.24 bits per heavy atom. The van der Waals surface area contributed by atoms with E-state index in [2.05, 4.69) is 41.4 Å². The highest BCUT2D eigenvalue weighted by molar-refractivity contribution is 7.99. The van der Waals surface area contributed by atoms with Crippen LogP contribution in [0.3, 0.4) is 0 Å². The summed E-state index contributed by atoms with van der Waals surface area (Å²) in [5, 5.41) is 17.7. The van der Waals surface area contributed by atoms with Gasteiger partial charge in [-0.15, -0.1) is 22.0 Å². The minimum atomic E-state index is -0.846. The molecule has 112 valence electrons. The lowest BCUT2D eigenvalue weighted by Gasteiger charge is -2.06. The second-order valence-electron chi connectivity index (χ2n) is 4.43. The van der Waals surface area contributed by atoms with Gasteiger partial charge in [-0.05, 0) is 26.0 Å². The normalized spacial score (nSPS) is 10.8. The highest BCUT2D eigenvalue weighted by Crippen LogP contribution is 2.24. The molecule has 0 aliphatic rings.